The van der Waals surface area contributed by atoms with Crippen LogP contribution in [0.3, 0.4) is 0 Å². The van der Waals surface area contributed by atoms with Crippen molar-refractivity contribution in [1.29, 1.82) is 5.26 Å². The van der Waals surface area contributed by atoms with Crippen LogP contribution in [0.1, 0.15) is 28.5 Å². The lowest BCUT2D eigenvalue weighted by molar-refractivity contribution is 0.101. The monoisotopic (exact) mass is 269 g/mol. The predicted octanol–water partition coefficient (Wildman–Crippen LogP) is 2.20. The number of ether oxygens (including phenoxy) is 1. The lowest BCUT2D eigenvalue weighted by Gasteiger charge is -2.11. The number of rotatable bonds is 4. The van der Waals surface area contributed by atoms with Gasteiger partial charge in [-0.25, -0.2) is 0 Å². The minimum atomic E-state index is -0.168. The summed E-state index contributed by atoms with van der Waals surface area (Å²) in [5, 5.41) is 9.03. The molecule has 0 aliphatic carbocycles. The van der Waals surface area contributed by atoms with Gasteiger partial charge in [-0.15, -0.1) is 0 Å². The molecule has 0 saturated heterocycles. The summed E-state index contributed by atoms with van der Waals surface area (Å²) in [5.41, 5.74) is 7.65. The Labute approximate surface area is 117 Å². The molecule has 0 aliphatic rings. The number of ketones is 1. The van der Waals surface area contributed by atoms with Crippen molar-refractivity contribution in [3.05, 3.63) is 47.3 Å². The molecule has 1 aromatic heterocycles. The molecule has 0 saturated carbocycles. The van der Waals surface area contributed by atoms with Gasteiger partial charge in [0.05, 0.1) is 24.9 Å². The van der Waals surface area contributed by atoms with Crippen LogP contribution in [0.25, 0.3) is 0 Å². The van der Waals surface area contributed by atoms with Gasteiger partial charge in [0.1, 0.15) is 17.5 Å². The van der Waals surface area contributed by atoms with Gasteiger partial charge in [-0.05, 0) is 6.07 Å². The number of nitriles is 1. The van der Waals surface area contributed by atoms with E-state index in [4.69, 9.17) is 15.7 Å². The number of anilines is 1. The normalized spacial score (nSPS) is 10.1. The quantitative estimate of drug-likeness (QED) is 0.863. The predicted molar refractivity (Wildman–Crippen MR) is 75.7 cm³/mol. The largest absolute Gasteiger partial charge is 0.496 e. The molecule has 0 radical (unpaired) electrons. The Bertz CT molecular complexity index is 696. The summed E-state index contributed by atoms with van der Waals surface area (Å²) in [7, 11) is 1.59. The van der Waals surface area contributed by atoms with Crippen LogP contribution in [0.4, 0.5) is 5.69 Å². The Morgan fingerprint density at radius 2 is 2.15 bits per heavy atom. The summed E-state index contributed by atoms with van der Waals surface area (Å²) in [5.74, 6) is 0.562. The van der Waals surface area contributed by atoms with E-state index in [0.717, 1.165) is 11.3 Å². The van der Waals surface area contributed by atoms with E-state index in [1.807, 2.05) is 30.3 Å². The van der Waals surface area contributed by atoms with Gasteiger partial charge in [-0.3, -0.25) is 4.79 Å². The van der Waals surface area contributed by atoms with E-state index in [0.29, 0.717) is 17.8 Å². The number of carbonyl (C=O) groups is 1. The molecule has 0 spiro atoms. The summed E-state index contributed by atoms with van der Waals surface area (Å²) in [6.07, 6.45) is 1.60. The zero-order valence-electron chi connectivity index (χ0n) is 11.4. The van der Waals surface area contributed by atoms with Gasteiger partial charge >= 0.3 is 0 Å². The molecule has 5 nitrogen and oxygen atoms in total. The van der Waals surface area contributed by atoms with Crippen LogP contribution in [0.5, 0.6) is 5.75 Å². The average molecular weight is 269 g/mol. The van der Waals surface area contributed by atoms with Gasteiger partial charge in [0.15, 0.2) is 5.78 Å². The van der Waals surface area contributed by atoms with E-state index in [-0.39, 0.29) is 11.5 Å². The fourth-order valence-electron chi connectivity index (χ4n) is 2.19. The maximum Gasteiger partial charge on any atom is 0.178 e. The number of nitrogen functional groups attached to an aromatic ring is 1. The molecule has 1 heterocycles. The second-order valence-corrected chi connectivity index (χ2v) is 4.41. The highest BCUT2D eigenvalue weighted by Crippen LogP contribution is 2.24. The first kappa shape index (κ1) is 13.7. The van der Waals surface area contributed by atoms with Crippen molar-refractivity contribution in [3.8, 4) is 11.8 Å². The first-order valence-corrected chi connectivity index (χ1v) is 6.10. The van der Waals surface area contributed by atoms with E-state index in [1.54, 1.807) is 17.9 Å². The topological polar surface area (TPSA) is 81.0 Å². The number of Topliss-reactive ketones (excluding diaryl/α,β-unsaturated/α-hetero) is 1. The second kappa shape index (κ2) is 5.49. The first-order valence-electron chi connectivity index (χ1n) is 6.10. The summed E-state index contributed by atoms with van der Waals surface area (Å²) in [4.78, 5) is 11.7. The molecule has 5 heteroatoms. The molecule has 102 valence electrons. The van der Waals surface area contributed by atoms with Crippen molar-refractivity contribution >= 4 is 11.5 Å². The van der Waals surface area contributed by atoms with Gasteiger partial charge < -0.3 is 15.0 Å². The number of hydrogen-bond acceptors (Lipinski definition) is 4. The lowest BCUT2D eigenvalue weighted by Crippen LogP contribution is -2.09. The Morgan fingerprint density at radius 1 is 1.45 bits per heavy atom. The zero-order valence-corrected chi connectivity index (χ0v) is 11.4. The molecular weight excluding hydrogens is 254 g/mol. The molecule has 0 unspecified atom stereocenters. The van der Waals surface area contributed by atoms with Crippen molar-refractivity contribution < 1.29 is 9.53 Å². The van der Waals surface area contributed by atoms with Crippen molar-refractivity contribution in [2.24, 2.45) is 0 Å². The summed E-state index contributed by atoms with van der Waals surface area (Å²) in [6.45, 7) is 1.86. The molecule has 0 amide bonds. The van der Waals surface area contributed by atoms with E-state index in [2.05, 4.69) is 0 Å². The second-order valence-electron chi connectivity index (χ2n) is 4.41. The maximum absolute atomic E-state index is 11.7. The molecule has 2 aromatic rings. The highest BCUT2D eigenvalue weighted by molar-refractivity contribution is 5.99. The van der Waals surface area contributed by atoms with E-state index >= 15 is 0 Å². The van der Waals surface area contributed by atoms with Crippen molar-refractivity contribution in [2.75, 3.05) is 12.8 Å². The molecule has 0 aliphatic heterocycles. The van der Waals surface area contributed by atoms with Crippen molar-refractivity contribution in [2.45, 2.75) is 13.5 Å². The van der Waals surface area contributed by atoms with Gasteiger partial charge in [0, 0.05) is 18.7 Å². The zero-order chi connectivity index (χ0) is 14.7. The van der Waals surface area contributed by atoms with Crippen molar-refractivity contribution in [3.63, 3.8) is 0 Å². The third kappa shape index (κ3) is 2.36. The molecule has 2 N–H and O–H groups in total. The van der Waals surface area contributed by atoms with Crippen LogP contribution in [-0.2, 0) is 6.54 Å². The van der Waals surface area contributed by atoms with Crippen LogP contribution in [0.15, 0.2) is 30.5 Å². The molecule has 0 atom stereocenters. The number of carbonyl (C=O) groups excluding carboxylic acids is 1. The third-order valence-corrected chi connectivity index (χ3v) is 3.10. The fraction of sp³-hybridized carbons (Fsp3) is 0.200. The Balaban J connectivity index is 2.49. The molecule has 2 rings (SSSR count). The highest BCUT2D eigenvalue weighted by Gasteiger charge is 2.17. The summed E-state index contributed by atoms with van der Waals surface area (Å²) < 4.78 is 6.98. The smallest absolute Gasteiger partial charge is 0.178 e. The van der Waals surface area contributed by atoms with Crippen LogP contribution in [0.2, 0.25) is 0 Å². The number of aromatic nitrogens is 1. The van der Waals surface area contributed by atoms with Crippen LogP contribution in [-0.4, -0.2) is 17.5 Å². The highest BCUT2D eigenvalue weighted by atomic mass is 16.5. The lowest BCUT2D eigenvalue weighted by atomic mass is 10.2. The van der Waals surface area contributed by atoms with Crippen LogP contribution in [0, 0.1) is 11.3 Å². The molecule has 0 bridgehead atoms. The summed E-state index contributed by atoms with van der Waals surface area (Å²) in [6, 6.07) is 9.52. The summed E-state index contributed by atoms with van der Waals surface area (Å²) >= 11 is 0. The van der Waals surface area contributed by atoms with E-state index in [1.165, 1.54) is 6.92 Å². The molecule has 20 heavy (non-hydrogen) atoms. The van der Waals surface area contributed by atoms with E-state index in [9.17, 15) is 4.79 Å². The number of nitrogens with zero attached hydrogens (tertiary/aromatic N) is 2. The van der Waals surface area contributed by atoms with Gasteiger partial charge in [0.25, 0.3) is 0 Å². The fourth-order valence-corrected chi connectivity index (χ4v) is 2.19. The standard InChI is InChI=1S/C15H15N3O2/c1-10(19)15-14(17)12(7-16)9-18(15)8-11-5-3-4-6-13(11)20-2/h3-6,9H,8,17H2,1-2H3. The average Bonchev–Trinajstić information content (AvgIpc) is 2.75. The maximum atomic E-state index is 11.7. The van der Waals surface area contributed by atoms with Crippen LogP contribution < -0.4 is 10.5 Å². The number of hydrogen-bond donors (Lipinski definition) is 1. The van der Waals surface area contributed by atoms with Gasteiger partial charge in [-0.1, -0.05) is 18.2 Å². The Kier molecular flexibility index (Phi) is 3.76. The first-order chi connectivity index (χ1) is 9.58. The number of benzene rings is 1. The Morgan fingerprint density at radius 3 is 2.75 bits per heavy atom. The van der Waals surface area contributed by atoms with Gasteiger partial charge in [0.2, 0.25) is 0 Å². The minimum Gasteiger partial charge on any atom is -0.496 e. The number of methoxy groups -OCH3 is 1. The third-order valence-electron chi connectivity index (χ3n) is 3.10. The minimum absolute atomic E-state index is 0.168. The van der Waals surface area contributed by atoms with E-state index < -0.39 is 0 Å². The Hall–Kier alpha value is -2.74. The number of nitrogens with two attached hydrogens (primary N) is 1. The van der Waals surface area contributed by atoms with Crippen LogP contribution >= 0.6 is 0 Å². The van der Waals surface area contributed by atoms with Gasteiger partial charge in [-0.2, -0.15) is 5.26 Å². The molecule has 0 fully saturated rings. The molecule has 1 aromatic carbocycles. The number of para-hydroxylation sites is 1. The molecular formula is C15H15N3O2. The SMILES string of the molecule is COc1ccccc1Cn1cc(C#N)c(N)c1C(C)=O. The van der Waals surface area contributed by atoms with Crippen molar-refractivity contribution in [1.82, 2.24) is 4.57 Å².